The number of amides is 1. The van der Waals surface area contributed by atoms with Gasteiger partial charge >= 0.3 is 0 Å². The Kier molecular flexibility index (Phi) is 4.23. The predicted molar refractivity (Wildman–Crippen MR) is 106 cm³/mol. The average Bonchev–Trinajstić information content (AvgIpc) is 3.20. The van der Waals surface area contributed by atoms with Crippen LogP contribution in [0, 0.1) is 0 Å². The SMILES string of the molecule is O=C(/C=C/c1ccc2c(c1)OCO2)N1CCC2(CCc3ccccc3O2)CC1. The number of benzene rings is 2. The van der Waals surface area contributed by atoms with E-state index in [1.54, 1.807) is 6.08 Å². The van der Waals surface area contributed by atoms with Crippen molar-refractivity contribution >= 4 is 12.0 Å². The summed E-state index contributed by atoms with van der Waals surface area (Å²) in [7, 11) is 0. The summed E-state index contributed by atoms with van der Waals surface area (Å²) in [5.74, 6) is 2.53. The van der Waals surface area contributed by atoms with Crippen LogP contribution in [0.4, 0.5) is 0 Å². The van der Waals surface area contributed by atoms with Crippen molar-refractivity contribution in [2.24, 2.45) is 0 Å². The summed E-state index contributed by atoms with van der Waals surface area (Å²) in [6.45, 7) is 1.71. The van der Waals surface area contributed by atoms with Crippen molar-refractivity contribution < 1.29 is 19.0 Å². The van der Waals surface area contributed by atoms with Gasteiger partial charge in [0.2, 0.25) is 12.7 Å². The highest BCUT2D eigenvalue weighted by Gasteiger charge is 2.40. The molecular weight excluding hydrogens is 354 g/mol. The molecule has 5 nitrogen and oxygen atoms in total. The van der Waals surface area contributed by atoms with Crippen molar-refractivity contribution in [1.29, 1.82) is 0 Å². The summed E-state index contributed by atoms with van der Waals surface area (Å²) < 4.78 is 17.1. The fourth-order valence-corrected chi connectivity index (χ4v) is 4.23. The molecule has 0 unspecified atom stereocenters. The number of nitrogens with zero attached hydrogens (tertiary/aromatic N) is 1. The maximum Gasteiger partial charge on any atom is 0.246 e. The van der Waals surface area contributed by atoms with E-state index < -0.39 is 0 Å². The number of likely N-dealkylation sites (tertiary alicyclic amines) is 1. The van der Waals surface area contributed by atoms with E-state index in [0.29, 0.717) is 0 Å². The summed E-state index contributed by atoms with van der Waals surface area (Å²) in [5.41, 5.74) is 2.10. The van der Waals surface area contributed by atoms with Crippen molar-refractivity contribution in [2.45, 2.75) is 31.3 Å². The first kappa shape index (κ1) is 17.2. The molecule has 3 heterocycles. The van der Waals surface area contributed by atoms with E-state index in [1.165, 1.54) is 5.56 Å². The smallest absolute Gasteiger partial charge is 0.246 e. The largest absolute Gasteiger partial charge is 0.487 e. The number of hydrogen-bond acceptors (Lipinski definition) is 4. The molecule has 0 aromatic heterocycles. The molecule has 0 atom stereocenters. The quantitative estimate of drug-likeness (QED) is 0.747. The molecule has 1 spiro atoms. The number of para-hydroxylation sites is 1. The van der Waals surface area contributed by atoms with Gasteiger partial charge in [0.25, 0.3) is 0 Å². The fraction of sp³-hybridized carbons (Fsp3) is 0.348. The molecule has 144 valence electrons. The second-order valence-electron chi connectivity index (χ2n) is 7.66. The van der Waals surface area contributed by atoms with Crippen LogP contribution in [0.2, 0.25) is 0 Å². The average molecular weight is 377 g/mol. The van der Waals surface area contributed by atoms with Gasteiger partial charge in [-0.05, 0) is 48.2 Å². The van der Waals surface area contributed by atoms with Gasteiger partial charge in [-0.15, -0.1) is 0 Å². The zero-order valence-corrected chi connectivity index (χ0v) is 15.7. The van der Waals surface area contributed by atoms with Crippen molar-refractivity contribution in [3.05, 3.63) is 59.7 Å². The van der Waals surface area contributed by atoms with Crippen molar-refractivity contribution in [2.75, 3.05) is 19.9 Å². The number of aryl methyl sites for hydroxylation is 1. The lowest BCUT2D eigenvalue weighted by Gasteiger charge is -2.44. The number of carbonyl (C=O) groups excluding carboxylic acids is 1. The number of piperidine rings is 1. The Hall–Kier alpha value is -2.95. The van der Waals surface area contributed by atoms with Crippen LogP contribution < -0.4 is 14.2 Å². The second-order valence-corrected chi connectivity index (χ2v) is 7.66. The molecule has 0 saturated carbocycles. The first-order valence-electron chi connectivity index (χ1n) is 9.84. The van der Waals surface area contributed by atoms with Crippen LogP contribution in [0.25, 0.3) is 6.08 Å². The second kappa shape index (κ2) is 6.89. The van der Waals surface area contributed by atoms with Crippen LogP contribution in [-0.2, 0) is 11.2 Å². The van der Waals surface area contributed by atoms with Gasteiger partial charge < -0.3 is 19.1 Å². The maximum absolute atomic E-state index is 12.6. The summed E-state index contributed by atoms with van der Waals surface area (Å²) in [4.78, 5) is 14.5. The molecule has 3 aliphatic heterocycles. The molecule has 3 aliphatic rings. The fourth-order valence-electron chi connectivity index (χ4n) is 4.23. The molecule has 1 saturated heterocycles. The van der Waals surface area contributed by atoms with Crippen LogP contribution in [-0.4, -0.2) is 36.3 Å². The Labute approximate surface area is 164 Å². The van der Waals surface area contributed by atoms with Gasteiger partial charge in [-0.1, -0.05) is 24.3 Å². The lowest BCUT2D eigenvalue weighted by atomic mass is 9.83. The van der Waals surface area contributed by atoms with Gasteiger partial charge in [0.05, 0.1) is 0 Å². The minimum absolute atomic E-state index is 0.0451. The molecule has 28 heavy (non-hydrogen) atoms. The topological polar surface area (TPSA) is 48.0 Å². The molecule has 2 aromatic rings. The van der Waals surface area contributed by atoms with Gasteiger partial charge in [-0.25, -0.2) is 0 Å². The third kappa shape index (κ3) is 3.21. The third-order valence-electron chi connectivity index (χ3n) is 5.95. The summed E-state index contributed by atoms with van der Waals surface area (Å²) in [5, 5.41) is 0. The zero-order chi connectivity index (χ0) is 19.0. The number of rotatable bonds is 2. The van der Waals surface area contributed by atoms with Crippen molar-refractivity contribution in [1.82, 2.24) is 4.90 Å². The Balaban J connectivity index is 1.21. The number of hydrogen-bond donors (Lipinski definition) is 0. The van der Waals surface area contributed by atoms with Crippen LogP contribution in [0.1, 0.15) is 30.4 Å². The third-order valence-corrected chi connectivity index (χ3v) is 5.95. The number of fused-ring (bicyclic) bond motifs is 2. The molecule has 1 amide bonds. The first-order valence-corrected chi connectivity index (χ1v) is 9.84. The van der Waals surface area contributed by atoms with Gasteiger partial charge in [0.15, 0.2) is 11.5 Å². The highest BCUT2D eigenvalue weighted by atomic mass is 16.7. The summed E-state index contributed by atoms with van der Waals surface area (Å²) >= 11 is 0. The summed E-state index contributed by atoms with van der Waals surface area (Å²) in [6.07, 6.45) is 7.32. The Morgan fingerprint density at radius 2 is 1.79 bits per heavy atom. The standard InChI is InChI=1S/C23H23NO4/c25-22(8-6-17-5-7-20-21(15-17)27-16-26-20)24-13-11-23(12-14-24)10-9-18-3-1-2-4-19(18)28-23/h1-8,15H,9-14,16H2/b8-6+. The van der Waals surface area contributed by atoms with E-state index >= 15 is 0 Å². The van der Waals surface area contributed by atoms with Crippen LogP contribution in [0.5, 0.6) is 17.2 Å². The van der Waals surface area contributed by atoms with Gasteiger partial charge in [0.1, 0.15) is 11.4 Å². The zero-order valence-electron chi connectivity index (χ0n) is 15.7. The molecule has 5 rings (SSSR count). The lowest BCUT2D eigenvalue weighted by Crippen LogP contribution is -2.50. The monoisotopic (exact) mass is 377 g/mol. The van der Waals surface area contributed by atoms with E-state index in [9.17, 15) is 4.79 Å². The van der Waals surface area contributed by atoms with Gasteiger partial charge in [0, 0.05) is 32.0 Å². The molecule has 0 aliphatic carbocycles. The van der Waals surface area contributed by atoms with Gasteiger partial charge in [-0.2, -0.15) is 0 Å². The van der Waals surface area contributed by atoms with Crippen molar-refractivity contribution in [3.63, 3.8) is 0 Å². The molecular formula is C23H23NO4. The predicted octanol–water partition coefficient (Wildman–Crippen LogP) is 3.81. The highest BCUT2D eigenvalue weighted by molar-refractivity contribution is 5.92. The van der Waals surface area contributed by atoms with Crippen LogP contribution in [0.15, 0.2) is 48.5 Å². The van der Waals surface area contributed by atoms with Crippen molar-refractivity contribution in [3.8, 4) is 17.2 Å². The van der Waals surface area contributed by atoms with Crippen LogP contribution >= 0.6 is 0 Å². The molecule has 0 radical (unpaired) electrons. The van der Waals surface area contributed by atoms with E-state index in [1.807, 2.05) is 35.2 Å². The minimum Gasteiger partial charge on any atom is -0.487 e. The molecule has 5 heteroatoms. The molecule has 0 bridgehead atoms. The number of carbonyl (C=O) groups is 1. The van der Waals surface area contributed by atoms with E-state index in [0.717, 1.165) is 61.6 Å². The first-order chi connectivity index (χ1) is 13.7. The Bertz CT molecular complexity index is 928. The molecule has 1 fully saturated rings. The number of ether oxygens (including phenoxy) is 3. The lowest BCUT2D eigenvalue weighted by molar-refractivity contribution is -0.129. The Morgan fingerprint density at radius 3 is 2.68 bits per heavy atom. The van der Waals surface area contributed by atoms with E-state index in [4.69, 9.17) is 14.2 Å². The van der Waals surface area contributed by atoms with E-state index in [-0.39, 0.29) is 18.3 Å². The molecule has 0 N–H and O–H groups in total. The molecule has 2 aromatic carbocycles. The minimum atomic E-state index is -0.119. The van der Waals surface area contributed by atoms with E-state index in [2.05, 4.69) is 18.2 Å². The summed E-state index contributed by atoms with van der Waals surface area (Å²) in [6, 6.07) is 14.0. The van der Waals surface area contributed by atoms with Crippen LogP contribution in [0.3, 0.4) is 0 Å². The highest BCUT2D eigenvalue weighted by Crippen LogP contribution is 2.39. The maximum atomic E-state index is 12.6. The Morgan fingerprint density at radius 1 is 0.964 bits per heavy atom. The van der Waals surface area contributed by atoms with Gasteiger partial charge in [-0.3, -0.25) is 4.79 Å². The normalized spacial score (nSPS) is 19.5.